The molecule has 28 heavy (non-hydrogen) atoms. The van der Waals surface area contributed by atoms with Crippen LogP contribution in [0.5, 0.6) is 0 Å². The Hall–Kier alpha value is -2.62. The van der Waals surface area contributed by atoms with Gasteiger partial charge in [-0.3, -0.25) is 24.0 Å². The van der Waals surface area contributed by atoms with E-state index in [1.165, 1.54) is 14.4 Å². The van der Waals surface area contributed by atoms with Gasteiger partial charge in [-0.15, -0.1) is 0 Å². The largest absolute Gasteiger partial charge is 0.401 e. The van der Waals surface area contributed by atoms with E-state index < -0.39 is 24.0 Å². The zero-order valence-corrected chi connectivity index (χ0v) is 15.2. The van der Waals surface area contributed by atoms with Crippen molar-refractivity contribution in [3.05, 3.63) is 45.1 Å². The van der Waals surface area contributed by atoms with E-state index in [1.807, 2.05) is 0 Å². The lowest BCUT2D eigenvalue weighted by Crippen LogP contribution is -2.39. The molecule has 1 amide bonds. The van der Waals surface area contributed by atoms with E-state index in [9.17, 15) is 27.6 Å². The molecule has 7 nitrogen and oxygen atoms in total. The number of carbonyl (C=O) groups excluding carboxylic acids is 1. The van der Waals surface area contributed by atoms with Crippen molar-refractivity contribution in [1.29, 1.82) is 0 Å². The Kier molecular flexibility index (Phi) is 5.87. The number of nitrogens with zero attached hydrogens (tertiary/aromatic N) is 3. The Balaban J connectivity index is 1.66. The second-order valence-corrected chi connectivity index (χ2v) is 6.80. The first-order valence-corrected chi connectivity index (χ1v) is 9.03. The quantitative estimate of drug-likeness (QED) is 0.839. The Labute approximate surface area is 158 Å². The normalized spacial score (nSPS) is 16.3. The number of alkyl halides is 3. The van der Waals surface area contributed by atoms with Gasteiger partial charge in [0.05, 0.1) is 17.4 Å². The average Bonchev–Trinajstić information content (AvgIpc) is 2.85. The zero-order chi connectivity index (χ0) is 20.3. The first-order valence-electron chi connectivity index (χ1n) is 9.03. The maximum Gasteiger partial charge on any atom is 0.401 e. The number of rotatable bonds is 4. The van der Waals surface area contributed by atoms with E-state index in [2.05, 4.69) is 4.98 Å². The first-order chi connectivity index (χ1) is 13.2. The molecular weight excluding hydrogens is 377 g/mol. The summed E-state index contributed by atoms with van der Waals surface area (Å²) in [4.78, 5) is 41.6. The lowest BCUT2D eigenvalue weighted by atomic mass is 10.2. The van der Waals surface area contributed by atoms with Crippen LogP contribution < -0.4 is 11.2 Å². The average molecular weight is 398 g/mol. The van der Waals surface area contributed by atoms with Gasteiger partial charge in [0.1, 0.15) is 0 Å². The van der Waals surface area contributed by atoms with Crippen molar-refractivity contribution < 1.29 is 18.0 Å². The highest BCUT2D eigenvalue weighted by atomic mass is 19.4. The second-order valence-electron chi connectivity index (χ2n) is 6.80. The number of aromatic nitrogens is 2. The van der Waals surface area contributed by atoms with Crippen LogP contribution >= 0.6 is 0 Å². The van der Waals surface area contributed by atoms with Gasteiger partial charge in [-0.1, -0.05) is 12.1 Å². The molecule has 3 rings (SSSR count). The minimum Gasteiger partial charge on any atom is -0.341 e. The van der Waals surface area contributed by atoms with Crippen molar-refractivity contribution in [2.45, 2.75) is 25.6 Å². The van der Waals surface area contributed by atoms with Gasteiger partial charge in [-0.05, 0) is 18.6 Å². The molecule has 0 bridgehead atoms. The number of aryl methyl sites for hydroxylation is 1. The Bertz CT molecular complexity index is 967. The third-order valence-electron chi connectivity index (χ3n) is 4.80. The molecule has 0 saturated carbocycles. The van der Waals surface area contributed by atoms with Gasteiger partial charge < -0.3 is 4.90 Å². The van der Waals surface area contributed by atoms with E-state index in [1.54, 1.807) is 24.3 Å². The topological polar surface area (TPSA) is 78.4 Å². The SMILES string of the molecule is O=C(CCn1c(=O)[nH]c(=O)c2ccccc21)N1CCCN(CC(F)(F)F)CC1. The standard InChI is InChI=1S/C18H21F3N4O3/c19-18(20,21)12-23-7-3-8-24(11-10-23)15(26)6-9-25-14-5-2-1-4-13(14)16(27)22-17(25)28/h1-2,4-5H,3,6-12H2,(H,22,27,28). The van der Waals surface area contributed by atoms with E-state index in [0.29, 0.717) is 23.9 Å². The number of carbonyl (C=O) groups is 1. The molecule has 0 atom stereocenters. The van der Waals surface area contributed by atoms with Crippen molar-refractivity contribution in [2.24, 2.45) is 0 Å². The summed E-state index contributed by atoms with van der Waals surface area (Å²) in [6, 6.07) is 6.61. The number of hydrogen-bond donors (Lipinski definition) is 1. The van der Waals surface area contributed by atoms with Gasteiger partial charge >= 0.3 is 11.9 Å². The molecule has 10 heteroatoms. The molecule has 1 saturated heterocycles. The fraction of sp³-hybridized carbons (Fsp3) is 0.500. The number of nitrogens with one attached hydrogen (secondary N) is 1. The summed E-state index contributed by atoms with van der Waals surface area (Å²) in [6.07, 6.45) is -3.77. The van der Waals surface area contributed by atoms with Crippen LogP contribution in [0.25, 0.3) is 10.9 Å². The molecular formula is C18H21F3N4O3. The van der Waals surface area contributed by atoms with Crippen molar-refractivity contribution in [3.8, 4) is 0 Å². The first kappa shape index (κ1) is 20.1. The molecule has 0 aliphatic carbocycles. The van der Waals surface area contributed by atoms with Crippen LogP contribution in [0.2, 0.25) is 0 Å². The summed E-state index contributed by atoms with van der Waals surface area (Å²) in [5.41, 5.74) is -0.638. The summed E-state index contributed by atoms with van der Waals surface area (Å²) in [7, 11) is 0. The Morgan fingerprint density at radius 2 is 1.82 bits per heavy atom. The summed E-state index contributed by atoms with van der Waals surface area (Å²) in [5, 5.41) is 0.354. The number of para-hydroxylation sites is 1. The maximum atomic E-state index is 12.6. The highest BCUT2D eigenvalue weighted by Gasteiger charge is 2.31. The van der Waals surface area contributed by atoms with Crippen molar-refractivity contribution in [2.75, 3.05) is 32.7 Å². The molecule has 0 spiro atoms. The van der Waals surface area contributed by atoms with Crippen LogP contribution in [0.1, 0.15) is 12.8 Å². The molecule has 1 aliphatic rings. The smallest absolute Gasteiger partial charge is 0.341 e. The van der Waals surface area contributed by atoms with Crippen molar-refractivity contribution >= 4 is 16.8 Å². The zero-order valence-electron chi connectivity index (χ0n) is 15.2. The number of hydrogen-bond acceptors (Lipinski definition) is 4. The van der Waals surface area contributed by atoms with Crippen LogP contribution in [-0.2, 0) is 11.3 Å². The molecule has 0 radical (unpaired) electrons. The van der Waals surface area contributed by atoms with Crippen LogP contribution in [-0.4, -0.2) is 64.2 Å². The van der Waals surface area contributed by atoms with Gasteiger partial charge in [0.25, 0.3) is 5.56 Å². The highest BCUT2D eigenvalue weighted by molar-refractivity contribution is 5.79. The van der Waals surface area contributed by atoms with E-state index in [0.717, 1.165) is 0 Å². The Morgan fingerprint density at radius 1 is 1.07 bits per heavy atom. The van der Waals surface area contributed by atoms with Crippen LogP contribution in [0.15, 0.2) is 33.9 Å². The van der Waals surface area contributed by atoms with E-state index in [-0.39, 0.29) is 38.5 Å². The summed E-state index contributed by atoms with van der Waals surface area (Å²) in [5.74, 6) is -0.226. The summed E-state index contributed by atoms with van der Waals surface area (Å²) >= 11 is 0. The number of H-pyrrole nitrogens is 1. The molecule has 1 aliphatic heterocycles. The number of aromatic amines is 1. The van der Waals surface area contributed by atoms with Gasteiger partial charge in [0, 0.05) is 39.1 Å². The fourth-order valence-corrected chi connectivity index (χ4v) is 3.46. The molecule has 1 aromatic heterocycles. The predicted molar refractivity (Wildman–Crippen MR) is 97.1 cm³/mol. The Morgan fingerprint density at radius 3 is 2.57 bits per heavy atom. The van der Waals surface area contributed by atoms with Crippen molar-refractivity contribution in [1.82, 2.24) is 19.4 Å². The minimum atomic E-state index is -4.26. The number of halogens is 3. The molecule has 2 aromatic rings. The number of benzene rings is 1. The molecule has 2 heterocycles. The van der Waals surface area contributed by atoms with E-state index >= 15 is 0 Å². The summed E-state index contributed by atoms with van der Waals surface area (Å²) in [6.45, 7) is 0.149. The predicted octanol–water partition coefficient (Wildman–Crippen LogP) is 1.18. The van der Waals surface area contributed by atoms with Gasteiger partial charge in [-0.25, -0.2) is 4.79 Å². The highest BCUT2D eigenvalue weighted by Crippen LogP contribution is 2.18. The third-order valence-corrected chi connectivity index (χ3v) is 4.80. The lowest BCUT2D eigenvalue weighted by Gasteiger charge is -2.23. The van der Waals surface area contributed by atoms with E-state index in [4.69, 9.17) is 0 Å². The minimum absolute atomic E-state index is 0.0230. The van der Waals surface area contributed by atoms with Crippen LogP contribution in [0.4, 0.5) is 13.2 Å². The number of fused-ring (bicyclic) bond motifs is 1. The monoisotopic (exact) mass is 398 g/mol. The lowest BCUT2D eigenvalue weighted by molar-refractivity contribution is -0.145. The second kappa shape index (κ2) is 8.17. The maximum absolute atomic E-state index is 12.6. The van der Waals surface area contributed by atoms with Gasteiger partial charge in [-0.2, -0.15) is 13.2 Å². The van der Waals surface area contributed by atoms with Gasteiger partial charge in [0.2, 0.25) is 5.91 Å². The van der Waals surface area contributed by atoms with Crippen molar-refractivity contribution in [3.63, 3.8) is 0 Å². The van der Waals surface area contributed by atoms with Crippen LogP contribution in [0, 0.1) is 0 Å². The molecule has 152 valence electrons. The third kappa shape index (κ3) is 4.80. The van der Waals surface area contributed by atoms with Crippen LogP contribution in [0.3, 0.4) is 0 Å². The summed E-state index contributed by atoms with van der Waals surface area (Å²) < 4.78 is 39.0. The van der Waals surface area contributed by atoms with Gasteiger partial charge in [0.15, 0.2) is 0 Å². The molecule has 1 fully saturated rings. The fourth-order valence-electron chi connectivity index (χ4n) is 3.46. The molecule has 0 unspecified atom stereocenters. The number of amides is 1. The molecule has 1 aromatic carbocycles. The molecule has 1 N–H and O–H groups in total.